The highest BCUT2D eigenvalue weighted by molar-refractivity contribution is 6.00. The molecule has 2 aromatic carbocycles. The molecular formula is C21H23N3O3. The standard InChI is InChI=1S/C21H23N3O3/c1-14-5-6-16(12-15(14)2)21(27)22-13-19(25)23-17-7-9-18(10-8-17)24-11-3-4-20(24)26/h5-10,12H,3-4,11,13H2,1-2H3,(H,22,27)(H,23,25). The summed E-state index contributed by atoms with van der Waals surface area (Å²) < 4.78 is 0. The number of benzene rings is 2. The highest BCUT2D eigenvalue weighted by Crippen LogP contribution is 2.22. The number of anilines is 2. The van der Waals surface area contributed by atoms with Crippen molar-refractivity contribution in [3.8, 4) is 0 Å². The van der Waals surface area contributed by atoms with Gasteiger partial charge < -0.3 is 15.5 Å². The van der Waals surface area contributed by atoms with Crippen molar-refractivity contribution in [1.82, 2.24) is 5.32 Å². The van der Waals surface area contributed by atoms with Crippen molar-refractivity contribution in [2.75, 3.05) is 23.3 Å². The second-order valence-corrected chi connectivity index (χ2v) is 6.73. The molecule has 6 nitrogen and oxygen atoms in total. The first kappa shape index (κ1) is 18.6. The third-order valence-electron chi connectivity index (χ3n) is 4.71. The average molecular weight is 365 g/mol. The van der Waals surface area contributed by atoms with Crippen LogP contribution in [-0.4, -0.2) is 30.8 Å². The fraction of sp³-hybridized carbons (Fsp3) is 0.286. The summed E-state index contributed by atoms with van der Waals surface area (Å²) in [4.78, 5) is 37.7. The number of nitrogens with zero attached hydrogens (tertiary/aromatic N) is 1. The Morgan fingerprint density at radius 1 is 1.04 bits per heavy atom. The predicted octanol–water partition coefficient (Wildman–Crippen LogP) is 2.80. The second-order valence-electron chi connectivity index (χ2n) is 6.73. The van der Waals surface area contributed by atoms with Crippen molar-refractivity contribution < 1.29 is 14.4 Å². The van der Waals surface area contributed by atoms with Crippen LogP contribution in [0.1, 0.15) is 34.3 Å². The summed E-state index contributed by atoms with van der Waals surface area (Å²) in [5.41, 5.74) is 4.13. The minimum atomic E-state index is -0.308. The lowest BCUT2D eigenvalue weighted by molar-refractivity contribution is -0.117. The van der Waals surface area contributed by atoms with Crippen LogP contribution < -0.4 is 15.5 Å². The monoisotopic (exact) mass is 365 g/mol. The zero-order valence-electron chi connectivity index (χ0n) is 15.5. The molecular weight excluding hydrogens is 342 g/mol. The van der Waals surface area contributed by atoms with Crippen molar-refractivity contribution in [2.24, 2.45) is 0 Å². The molecule has 2 aromatic rings. The van der Waals surface area contributed by atoms with E-state index in [4.69, 9.17) is 0 Å². The Bertz CT molecular complexity index is 875. The van der Waals surface area contributed by atoms with Crippen LogP contribution in [0.25, 0.3) is 0 Å². The quantitative estimate of drug-likeness (QED) is 0.855. The zero-order valence-corrected chi connectivity index (χ0v) is 15.5. The van der Waals surface area contributed by atoms with Gasteiger partial charge in [-0.05, 0) is 67.8 Å². The van der Waals surface area contributed by atoms with Gasteiger partial charge in [-0.2, -0.15) is 0 Å². The summed E-state index contributed by atoms with van der Waals surface area (Å²) in [6.45, 7) is 4.54. The number of rotatable bonds is 5. The molecule has 0 atom stereocenters. The fourth-order valence-electron chi connectivity index (χ4n) is 3.00. The molecule has 6 heteroatoms. The SMILES string of the molecule is Cc1ccc(C(=O)NCC(=O)Nc2ccc(N3CCCC3=O)cc2)cc1C. The molecule has 1 saturated heterocycles. The molecule has 1 aliphatic rings. The van der Waals surface area contributed by atoms with Gasteiger partial charge in [-0.25, -0.2) is 0 Å². The molecule has 2 N–H and O–H groups in total. The van der Waals surface area contributed by atoms with Gasteiger partial charge in [0.25, 0.3) is 5.91 Å². The van der Waals surface area contributed by atoms with Crippen LogP contribution in [0, 0.1) is 13.8 Å². The Labute approximate surface area is 158 Å². The maximum absolute atomic E-state index is 12.2. The highest BCUT2D eigenvalue weighted by atomic mass is 16.2. The molecule has 0 radical (unpaired) electrons. The van der Waals surface area contributed by atoms with Gasteiger partial charge in [0.15, 0.2) is 0 Å². The molecule has 0 aromatic heterocycles. The topological polar surface area (TPSA) is 78.5 Å². The highest BCUT2D eigenvalue weighted by Gasteiger charge is 2.21. The van der Waals surface area contributed by atoms with Crippen LogP contribution in [0.5, 0.6) is 0 Å². The summed E-state index contributed by atoms with van der Waals surface area (Å²) in [5.74, 6) is -0.464. The molecule has 0 saturated carbocycles. The summed E-state index contributed by atoms with van der Waals surface area (Å²) in [7, 11) is 0. The van der Waals surface area contributed by atoms with E-state index in [1.54, 1.807) is 29.2 Å². The first-order valence-corrected chi connectivity index (χ1v) is 9.00. The van der Waals surface area contributed by atoms with E-state index in [1.165, 1.54) is 0 Å². The van der Waals surface area contributed by atoms with Crippen LogP contribution >= 0.6 is 0 Å². The van der Waals surface area contributed by atoms with Gasteiger partial charge in [0.1, 0.15) is 0 Å². The van der Waals surface area contributed by atoms with E-state index in [0.29, 0.717) is 17.7 Å². The van der Waals surface area contributed by atoms with Crippen LogP contribution in [0.15, 0.2) is 42.5 Å². The molecule has 1 heterocycles. The van der Waals surface area contributed by atoms with Crippen molar-refractivity contribution in [2.45, 2.75) is 26.7 Å². The summed E-state index contributed by atoms with van der Waals surface area (Å²) in [5, 5.41) is 5.36. The summed E-state index contributed by atoms with van der Waals surface area (Å²) >= 11 is 0. The van der Waals surface area contributed by atoms with Crippen LogP contribution in [-0.2, 0) is 9.59 Å². The Morgan fingerprint density at radius 3 is 2.41 bits per heavy atom. The number of nitrogens with one attached hydrogen (secondary N) is 2. The maximum atomic E-state index is 12.2. The van der Waals surface area contributed by atoms with Gasteiger partial charge in [0.05, 0.1) is 6.54 Å². The number of aryl methyl sites for hydroxylation is 2. The predicted molar refractivity (Wildman–Crippen MR) is 105 cm³/mol. The molecule has 140 valence electrons. The number of amides is 3. The third kappa shape index (κ3) is 4.53. The molecule has 0 spiro atoms. The maximum Gasteiger partial charge on any atom is 0.251 e. The largest absolute Gasteiger partial charge is 0.343 e. The van der Waals surface area contributed by atoms with Gasteiger partial charge in [-0.3, -0.25) is 14.4 Å². The summed E-state index contributed by atoms with van der Waals surface area (Å²) in [6.07, 6.45) is 1.45. The van der Waals surface area contributed by atoms with Crippen LogP contribution in [0.2, 0.25) is 0 Å². The number of carbonyl (C=O) groups excluding carboxylic acids is 3. The lowest BCUT2D eigenvalue weighted by Gasteiger charge is -2.16. The molecule has 27 heavy (non-hydrogen) atoms. The van der Waals surface area contributed by atoms with Gasteiger partial charge in [-0.1, -0.05) is 6.07 Å². The molecule has 0 bridgehead atoms. The lowest BCUT2D eigenvalue weighted by Crippen LogP contribution is -2.32. The van der Waals surface area contributed by atoms with E-state index in [2.05, 4.69) is 10.6 Å². The molecule has 1 fully saturated rings. The van der Waals surface area contributed by atoms with Crippen molar-refractivity contribution in [3.05, 3.63) is 59.2 Å². The smallest absolute Gasteiger partial charge is 0.251 e. The minimum Gasteiger partial charge on any atom is -0.343 e. The van der Waals surface area contributed by atoms with Gasteiger partial charge in [0, 0.05) is 29.9 Å². The van der Waals surface area contributed by atoms with Gasteiger partial charge in [0.2, 0.25) is 11.8 Å². The Balaban J connectivity index is 1.52. The van der Waals surface area contributed by atoms with E-state index in [9.17, 15) is 14.4 Å². The Morgan fingerprint density at radius 2 is 1.78 bits per heavy atom. The van der Waals surface area contributed by atoms with E-state index < -0.39 is 0 Å². The first-order valence-electron chi connectivity index (χ1n) is 9.00. The van der Waals surface area contributed by atoms with E-state index in [0.717, 1.165) is 29.8 Å². The van der Waals surface area contributed by atoms with E-state index >= 15 is 0 Å². The normalized spacial score (nSPS) is 13.6. The minimum absolute atomic E-state index is 0.113. The molecule has 0 aliphatic carbocycles. The van der Waals surface area contributed by atoms with E-state index in [1.807, 2.05) is 32.0 Å². The van der Waals surface area contributed by atoms with Gasteiger partial charge in [-0.15, -0.1) is 0 Å². The molecule has 1 aliphatic heterocycles. The van der Waals surface area contributed by atoms with E-state index in [-0.39, 0.29) is 24.3 Å². The Hall–Kier alpha value is -3.15. The second kappa shape index (κ2) is 8.03. The first-order chi connectivity index (χ1) is 12.9. The Kier molecular flexibility index (Phi) is 5.54. The van der Waals surface area contributed by atoms with Crippen molar-refractivity contribution >= 4 is 29.1 Å². The van der Waals surface area contributed by atoms with Gasteiger partial charge >= 0.3 is 0 Å². The number of carbonyl (C=O) groups is 3. The fourth-order valence-corrected chi connectivity index (χ4v) is 3.00. The lowest BCUT2D eigenvalue weighted by atomic mass is 10.1. The van der Waals surface area contributed by atoms with Crippen molar-refractivity contribution in [1.29, 1.82) is 0 Å². The molecule has 0 unspecified atom stereocenters. The van der Waals surface area contributed by atoms with Crippen molar-refractivity contribution in [3.63, 3.8) is 0 Å². The van der Waals surface area contributed by atoms with Crippen LogP contribution in [0.4, 0.5) is 11.4 Å². The molecule has 3 rings (SSSR count). The number of hydrogen-bond donors (Lipinski definition) is 2. The number of hydrogen-bond acceptors (Lipinski definition) is 3. The third-order valence-corrected chi connectivity index (χ3v) is 4.71. The van der Waals surface area contributed by atoms with Crippen LogP contribution in [0.3, 0.4) is 0 Å². The molecule has 3 amide bonds. The zero-order chi connectivity index (χ0) is 19.4. The summed E-state index contributed by atoms with van der Waals surface area (Å²) in [6, 6.07) is 12.6. The average Bonchev–Trinajstić information content (AvgIpc) is 3.08.